The summed E-state index contributed by atoms with van der Waals surface area (Å²) in [6, 6.07) is 3.63. The number of hydrogen-bond donors (Lipinski definition) is 3. The highest BCUT2D eigenvalue weighted by Gasteiger charge is 2.33. The van der Waals surface area contributed by atoms with Crippen LogP contribution in [-0.2, 0) is 0 Å². The first-order valence-electron chi connectivity index (χ1n) is 4.84. The summed E-state index contributed by atoms with van der Waals surface area (Å²) in [6.45, 7) is 0. The average Bonchev–Trinajstić information content (AvgIpc) is 2.64. The lowest BCUT2D eigenvalue weighted by atomic mass is 10.1. The van der Waals surface area contributed by atoms with Crippen LogP contribution in [-0.4, -0.2) is 16.8 Å². The highest BCUT2D eigenvalue weighted by molar-refractivity contribution is 6.06. The highest BCUT2D eigenvalue weighted by atomic mass is 16.6. The zero-order valence-corrected chi connectivity index (χ0v) is 8.43. The molecule has 0 bridgehead atoms. The lowest BCUT2D eigenvalue weighted by molar-refractivity contribution is -0.384. The van der Waals surface area contributed by atoms with Gasteiger partial charge in [0.25, 0.3) is 5.69 Å². The second-order valence-corrected chi connectivity index (χ2v) is 3.65. The van der Waals surface area contributed by atoms with Crippen LogP contribution in [0.25, 0.3) is 0 Å². The van der Waals surface area contributed by atoms with Gasteiger partial charge in [-0.05, 0) is 6.07 Å². The highest BCUT2D eigenvalue weighted by Crippen LogP contribution is 2.35. The van der Waals surface area contributed by atoms with Crippen LogP contribution in [0.1, 0.15) is 11.6 Å². The second kappa shape index (κ2) is 3.25. The molecule has 0 saturated carbocycles. The van der Waals surface area contributed by atoms with Gasteiger partial charge in [-0.15, -0.1) is 0 Å². The van der Waals surface area contributed by atoms with Crippen molar-refractivity contribution < 1.29 is 9.72 Å². The van der Waals surface area contributed by atoms with E-state index in [2.05, 4.69) is 21.2 Å². The molecule has 2 aliphatic heterocycles. The summed E-state index contributed by atoms with van der Waals surface area (Å²) in [5, 5.41) is 13.2. The van der Waals surface area contributed by atoms with Crippen molar-refractivity contribution >= 4 is 23.2 Å². The number of fused-ring (bicyclic) bond motifs is 3. The molecule has 0 aliphatic carbocycles. The zero-order valence-electron chi connectivity index (χ0n) is 8.43. The second-order valence-electron chi connectivity index (χ2n) is 3.65. The molecule has 2 amide bonds. The standard InChI is InChI=1S/C9H7N5O3/c15-9-11-8-7(12-13-9)5-3-4(14(16)17)1-2-6(5)10-8/h1-3,7,12H,(H2,10,11,13,15). The summed E-state index contributed by atoms with van der Waals surface area (Å²) in [7, 11) is 0. The molecule has 3 rings (SSSR count). The Morgan fingerprint density at radius 3 is 3.00 bits per heavy atom. The van der Waals surface area contributed by atoms with E-state index in [4.69, 9.17) is 0 Å². The summed E-state index contributed by atoms with van der Waals surface area (Å²) < 4.78 is 0. The van der Waals surface area contributed by atoms with Crippen LogP contribution in [0.3, 0.4) is 0 Å². The van der Waals surface area contributed by atoms with Crippen LogP contribution in [0.15, 0.2) is 23.2 Å². The molecule has 0 radical (unpaired) electrons. The van der Waals surface area contributed by atoms with Gasteiger partial charge in [0.15, 0.2) is 0 Å². The maximum Gasteiger partial charge on any atom is 0.334 e. The smallest absolute Gasteiger partial charge is 0.293 e. The molecular formula is C9H7N5O3. The fraction of sp³-hybridized carbons (Fsp3) is 0.111. The predicted octanol–water partition coefficient (Wildman–Crippen LogP) is 0.497. The Morgan fingerprint density at radius 2 is 2.24 bits per heavy atom. The van der Waals surface area contributed by atoms with Gasteiger partial charge >= 0.3 is 6.03 Å². The van der Waals surface area contributed by atoms with Crippen molar-refractivity contribution in [1.82, 2.24) is 16.2 Å². The van der Waals surface area contributed by atoms with Crippen molar-refractivity contribution in [3.63, 3.8) is 0 Å². The Balaban J connectivity index is 2.03. The number of aliphatic imine (C=N–C) groups is 1. The molecule has 17 heavy (non-hydrogen) atoms. The van der Waals surface area contributed by atoms with E-state index in [1.165, 1.54) is 12.1 Å². The maximum atomic E-state index is 11.1. The largest absolute Gasteiger partial charge is 0.334 e. The number of hydrazine groups is 1. The van der Waals surface area contributed by atoms with Crippen LogP contribution in [0.5, 0.6) is 0 Å². The number of hydrogen-bond acceptors (Lipinski definition) is 5. The molecule has 86 valence electrons. The van der Waals surface area contributed by atoms with Crippen LogP contribution < -0.4 is 16.2 Å². The third kappa shape index (κ3) is 1.42. The summed E-state index contributed by atoms with van der Waals surface area (Å²) in [5.74, 6) is 0.448. The van der Waals surface area contributed by atoms with E-state index in [1.54, 1.807) is 6.07 Å². The number of carbonyl (C=O) groups excluding carboxylic acids is 1. The van der Waals surface area contributed by atoms with Gasteiger partial charge < -0.3 is 0 Å². The van der Waals surface area contributed by atoms with E-state index in [9.17, 15) is 14.9 Å². The zero-order chi connectivity index (χ0) is 12.0. The average molecular weight is 233 g/mol. The number of nitrogens with zero attached hydrogens (tertiary/aromatic N) is 2. The Morgan fingerprint density at radius 1 is 1.41 bits per heavy atom. The number of nitrogens with one attached hydrogen (secondary N) is 3. The van der Waals surface area contributed by atoms with Crippen molar-refractivity contribution in [3.8, 4) is 0 Å². The number of urea groups is 1. The Labute approximate surface area is 94.8 Å². The quantitative estimate of drug-likeness (QED) is 0.484. The van der Waals surface area contributed by atoms with Crippen molar-refractivity contribution in [2.75, 3.05) is 0 Å². The topological polar surface area (TPSA) is 109 Å². The van der Waals surface area contributed by atoms with Crippen LogP contribution in [0.4, 0.5) is 16.2 Å². The SMILES string of the molecule is O=C1NNC2C(=Nc3ccc([N+](=O)[O-])cc32)N1. The lowest BCUT2D eigenvalue weighted by Crippen LogP contribution is -2.57. The van der Waals surface area contributed by atoms with Gasteiger partial charge in [0.1, 0.15) is 11.9 Å². The van der Waals surface area contributed by atoms with Gasteiger partial charge in [-0.1, -0.05) is 0 Å². The maximum absolute atomic E-state index is 11.1. The van der Waals surface area contributed by atoms with E-state index in [-0.39, 0.29) is 11.7 Å². The first-order valence-corrected chi connectivity index (χ1v) is 4.84. The Bertz CT molecular complexity index is 568. The number of amidine groups is 1. The van der Waals surface area contributed by atoms with Crippen molar-refractivity contribution in [2.45, 2.75) is 6.04 Å². The molecule has 1 atom stereocenters. The molecule has 3 N–H and O–H groups in total. The van der Waals surface area contributed by atoms with E-state index in [1.807, 2.05) is 0 Å². The fourth-order valence-corrected chi connectivity index (χ4v) is 1.86. The van der Waals surface area contributed by atoms with Crippen LogP contribution in [0.2, 0.25) is 0 Å². The van der Waals surface area contributed by atoms with Gasteiger partial charge in [0.05, 0.1) is 10.6 Å². The molecule has 8 nitrogen and oxygen atoms in total. The number of nitro benzene ring substituents is 1. The van der Waals surface area contributed by atoms with E-state index < -0.39 is 11.0 Å². The molecule has 2 aliphatic rings. The number of non-ortho nitro benzene ring substituents is 1. The van der Waals surface area contributed by atoms with Crippen LogP contribution >= 0.6 is 0 Å². The molecule has 8 heteroatoms. The fourth-order valence-electron chi connectivity index (χ4n) is 1.86. The molecule has 1 aromatic rings. The van der Waals surface area contributed by atoms with Gasteiger partial charge in [-0.3, -0.25) is 20.9 Å². The summed E-state index contributed by atoms with van der Waals surface area (Å²) in [6.07, 6.45) is 0. The van der Waals surface area contributed by atoms with E-state index >= 15 is 0 Å². The number of amides is 2. The first kappa shape index (κ1) is 9.73. The molecular weight excluding hydrogens is 226 g/mol. The van der Waals surface area contributed by atoms with Gasteiger partial charge in [-0.2, -0.15) is 0 Å². The molecule has 2 heterocycles. The lowest BCUT2D eigenvalue weighted by Gasteiger charge is -2.22. The minimum Gasteiger partial charge on any atom is -0.293 e. The Hall–Kier alpha value is -2.48. The van der Waals surface area contributed by atoms with Crippen LogP contribution in [0, 0.1) is 10.1 Å². The van der Waals surface area contributed by atoms with E-state index in [0.717, 1.165) is 0 Å². The van der Waals surface area contributed by atoms with Gasteiger partial charge in [-0.25, -0.2) is 15.2 Å². The number of rotatable bonds is 1. The normalized spacial score (nSPS) is 20.8. The third-order valence-electron chi connectivity index (χ3n) is 2.62. The number of nitro groups is 1. The molecule has 1 saturated heterocycles. The van der Waals surface area contributed by atoms with Gasteiger partial charge in [0, 0.05) is 17.7 Å². The molecule has 1 unspecified atom stereocenters. The summed E-state index contributed by atoms with van der Waals surface area (Å²) >= 11 is 0. The van der Waals surface area contributed by atoms with Crippen molar-refractivity contribution in [1.29, 1.82) is 0 Å². The number of carbonyl (C=O) groups is 1. The summed E-state index contributed by atoms with van der Waals surface area (Å²) in [4.78, 5) is 25.5. The number of benzene rings is 1. The minimum absolute atomic E-state index is 0.00102. The summed E-state index contributed by atoms with van der Waals surface area (Å²) in [5.41, 5.74) is 6.41. The first-order chi connectivity index (χ1) is 8.15. The van der Waals surface area contributed by atoms with Crippen molar-refractivity contribution in [2.24, 2.45) is 4.99 Å². The molecule has 0 aromatic heterocycles. The predicted molar refractivity (Wildman–Crippen MR) is 57.7 cm³/mol. The monoisotopic (exact) mass is 233 g/mol. The Kier molecular flexibility index (Phi) is 1.86. The third-order valence-corrected chi connectivity index (χ3v) is 2.62. The molecule has 1 fully saturated rings. The molecule has 0 spiro atoms. The minimum atomic E-state index is -0.465. The van der Waals surface area contributed by atoms with Gasteiger partial charge in [0.2, 0.25) is 0 Å². The van der Waals surface area contributed by atoms with Crippen molar-refractivity contribution in [3.05, 3.63) is 33.9 Å². The molecule has 1 aromatic carbocycles. The van der Waals surface area contributed by atoms with E-state index in [0.29, 0.717) is 17.1 Å².